The summed E-state index contributed by atoms with van der Waals surface area (Å²) in [7, 11) is 1.52. The minimum atomic E-state index is -0.642. The first-order chi connectivity index (χ1) is 9.33. The van der Waals surface area contributed by atoms with Crippen LogP contribution in [0.5, 0.6) is 0 Å². The molecule has 0 saturated heterocycles. The van der Waals surface area contributed by atoms with Crippen molar-refractivity contribution in [3.8, 4) is 0 Å². The van der Waals surface area contributed by atoms with Crippen LogP contribution in [0, 0.1) is 0 Å². The minimum absolute atomic E-state index is 0.147. The van der Waals surface area contributed by atoms with Crippen LogP contribution in [0.1, 0.15) is 37.6 Å². The first-order valence-electron chi connectivity index (χ1n) is 6.30. The number of carbonyl (C=O) groups is 2. The van der Waals surface area contributed by atoms with E-state index in [1.54, 1.807) is 32.9 Å². The molecule has 1 rings (SSSR count). The minimum Gasteiger partial charge on any atom is -0.444 e. The Hall–Kier alpha value is -1.95. The zero-order valence-electron chi connectivity index (χ0n) is 12.2. The predicted octanol–water partition coefficient (Wildman–Crippen LogP) is 2.65. The molecule has 6 nitrogen and oxygen atoms in total. The van der Waals surface area contributed by atoms with E-state index in [0.717, 1.165) is 0 Å². The normalized spacial score (nSPS) is 11.0. The number of methoxy groups -OCH3 is 1. The average Bonchev–Trinajstić information content (AvgIpc) is 2.34. The molecule has 0 aromatic carbocycles. The van der Waals surface area contributed by atoms with Gasteiger partial charge in [0.2, 0.25) is 0 Å². The van der Waals surface area contributed by atoms with Crippen LogP contribution in [-0.4, -0.2) is 36.2 Å². The predicted molar refractivity (Wildman–Crippen MR) is 74.9 cm³/mol. The van der Waals surface area contributed by atoms with Crippen LogP contribution in [0.2, 0.25) is 0 Å². The van der Waals surface area contributed by atoms with E-state index < -0.39 is 11.7 Å². The number of ketones is 1. The van der Waals surface area contributed by atoms with Gasteiger partial charge in [0.1, 0.15) is 11.4 Å². The molecule has 1 heterocycles. The van der Waals surface area contributed by atoms with Crippen molar-refractivity contribution in [1.29, 1.82) is 0 Å². The molecular formula is C14H20N2O4. The number of Topliss-reactive ketones (excluding diaryl/α,β-unsaturated/α-hetero) is 1. The maximum Gasteiger partial charge on any atom is 0.413 e. The summed E-state index contributed by atoms with van der Waals surface area (Å²) in [6.45, 7) is 5.60. The molecule has 0 atom stereocenters. The number of aromatic nitrogens is 1. The number of hydrogen-bond acceptors (Lipinski definition) is 5. The lowest BCUT2D eigenvalue weighted by molar-refractivity contribution is 0.0635. The lowest BCUT2D eigenvalue weighted by Gasteiger charge is -2.19. The van der Waals surface area contributed by atoms with E-state index in [1.165, 1.54) is 13.3 Å². The Morgan fingerprint density at radius 1 is 1.35 bits per heavy atom. The summed E-state index contributed by atoms with van der Waals surface area (Å²) in [4.78, 5) is 27.7. The van der Waals surface area contributed by atoms with E-state index in [9.17, 15) is 9.59 Å². The third-order valence-electron chi connectivity index (χ3n) is 2.26. The summed E-state index contributed by atoms with van der Waals surface area (Å²) in [5.74, 6) is 0.0499. The van der Waals surface area contributed by atoms with Crippen LogP contribution in [0.15, 0.2) is 18.3 Å². The number of rotatable bonds is 5. The SMILES string of the molecule is COCCC(=O)c1cccnc1NC(=O)OC(C)(C)C. The van der Waals surface area contributed by atoms with E-state index in [2.05, 4.69) is 10.3 Å². The summed E-state index contributed by atoms with van der Waals surface area (Å²) >= 11 is 0. The number of nitrogens with one attached hydrogen (secondary N) is 1. The van der Waals surface area contributed by atoms with E-state index in [1.807, 2.05) is 0 Å². The number of anilines is 1. The molecule has 0 saturated carbocycles. The fraction of sp³-hybridized carbons (Fsp3) is 0.500. The zero-order chi connectivity index (χ0) is 15.2. The zero-order valence-corrected chi connectivity index (χ0v) is 12.2. The number of pyridine rings is 1. The molecule has 0 aliphatic heterocycles. The van der Waals surface area contributed by atoms with Crippen molar-refractivity contribution in [1.82, 2.24) is 4.98 Å². The van der Waals surface area contributed by atoms with Crippen molar-refractivity contribution >= 4 is 17.7 Å². The molecule has 0 radical (unpaired) electrons. The van der Waals surface area contributed by atoms with Gasteiger partial charge in [-0.2, -0.15) is 0 Å². The highest BCUT2D eigenvalue weighted by molar-refractivity contribution is 6.02. The smallest absolute Gasteiger partial charge is 0.413 e. The van der Waals surface area contributed by atoms with Crippen molar-refractivity contribution < 1.29 is 19.1 Å². The molecule has 20 heavy (non-hydrogen) atoms. The quantitative estimate of drug-likeness (QED) is 0.839. The fourth-order valence-corrected chi connectivity index (χ4v) is 1.46. The Morgan fingerprint density at radius 3 is 2.65 bits per heavy atom. The molecule has 0 bridgehead atoms. The molecule has 0 fully saturated rings. The summed E-state index contributed by atoms with van der Waals surface area (Å²) in [6.07, 6.45) is 1.09. The van der Waals surface area contributed by atoms with Crippen LogP contribution in [0.25, 0.3) is 0 Å². The Balaban J connectivity index is 2.80. The van der Waals surface area contributed by atoms with Crippen LogP contribution >= 0.6 is 0 Å². The highest BCUT2D eigenvalue weighted by Gasteiger charge is 2.19. The highest BCUT2D eigenvalue weighted by Crippen LogP contribution is 2.16. The number of hydrogen-bond donors (Lipinski definition) is 1. The molecule has 0 spiro atoms. The van der Waals surface area contributed by atoms with Gasteiger partial charge in [-0.25, -0.2) is 9.78 Å². The van der Waals surface area contributed by atoms with Crippen LogP contribution in [0.4, 0.5) is 10.6 Å². The number of amides is 1. The van der Waals surface area contributed by atoms with Crippen molar-refractivity contribution in [2.24, 2.45) is 0 Å². The van der Waals surface area contributed by atoms with Gasteiger partial charge in [0.15, 0.2) is 5.78 Å². The number of nitrogens with zero attached hydrogens (tertiary/aromatic N) is 1. The van der Waals surface area contributed by atoms with E-state index >= 15 is 0 Å². The van der Waals surface area contributed by atoms with Gasteiger partial charge in [-0.05, 0) is 32.9 Å². The van der Waals surface area contributed by atoms with Crippen LogP contribution in [-0.2, 0) is 9.47 Å². The van der Waals surface area contributed by atoms with Crippen LogP contribution in [0.3, 0.4) is 0 Å². The number of ether oxygens (including phenoxy) is 2. The van der Waals surface area contributed by atoms with Gasteiger partial charge in [-0.3, -0.25) is 10.1 Å². The summed E-state index contributed by atoms with van der Waals surface area (Å²) in [5, 5.41) is 2.49. The molecule has 110 valence electrons. The maximum absolute atomic E-state index is 12.0. The summed E-state index contributed by atoms with van der Waals surface area (Å²) < 4.78 is 10.00. The average molecular weight is 280 g/mol. The molecule has 1 aromatic heterocycles. The Bertz CT molecular complexity index is 480. The first-order valence-corrected chi connectivity index (χ1v) is 6.30. The monoisotopic (exact) mass is 280 g/mol. The van der Waals surface area contributed by atoms with Gasteiger partial charge in [0.05, 0.1) is 12.2 Å². The molecule has 1 amide bonds. The second kappa shape index (κ2) is 7.00. The lowest BCUT2D eigenvalue weighted by atomic mass is 10.1. The summed E-state index contributed by atoms with van der Waals surface area (Å²) in [5.41, 5.74) is -0.269. The van der Waals surface area contributed by atoms with E-state index in [-0.39, 0.29) is 18.0 Å². The third kappa shape index (κ3) is 5.36. The van der Waals surface area contributed by atoms with Crippen molar-refractivity contribution in [2.75, 3.05) is 19.0 Å². The van der Waals surface area contributed by atoms with Gasteiger partial charge in [-0.1, -0.05) is 0 Å². The standard InChI is InChI=1S/C14H20N2O4/c1-14(2,3)20-13(18)16-12-10(6-5-8-15-12)11(17)7-9-19-4/h5-6,8H,7,9H2,1-4H3,(H,15,16,18). The van der Waals surface area contributed by atoms with Gasteiger partial charge >= 0.3 is 6.09 Å². The largest absolute Gasteiger partial charge is 0.444 e. The third-order valence-corrected chi connectivity index (χ3v) is 2.26. The molecular weight excluding hydrogens is 260 g/mol. The second-order valence-electron chi connectivity index (χ2n) is 5.19. The lowest BCUT2D eigenvalue weighted by Crippen LogP contribution is -2.28. The topological polar surface area (TPSA) is 77.5 Å². The second-order valence-corrected chi connectivity index (χ2v) is 5.19. The Labute approximate surface area is 118 Å². The van der Waals surface area contributed by atoms with Gasteiger partial charge in [0.25, 0.3) is 0 Å². The first kappa shape index (κ1) is 16.1. The molecule has 1 N–H and O–H groups in total. The van der Waals surface area contributed by atoms with Crippen molar-refractivity contribution in [3.63, 3.8) is 0 Å². The summed E-state index contributed by atoms with van der Waals surface area (Å²) in [6, 6.07) is 3.25. The Morgan fingerprint density at radius 2 is 2.05 bits per heavy atom. The van der Waals surface area contributed by atoms with Crippen LogP contribution < -0.4 is 5.32 Å². The van der Waals surface area contributed by atoms with Crippen molar-refractivity contribution in [3.05, 3.63) is 23.9 Å². The van der Waals surface area contributed by atoms with E-state index in [0.29, 0.717) is 12.2 Å². The molecule has 0 aliphatic rings. The molecule has 1 aromatic rings. The molecule has 0 aliphatic carbocycles. The van der Waals surface area contributed by atoms with Gasteiger partial charge in [0, 0.05) is 19.7 Å². The molecule has 0 unspecified atom stereocenters. The highest BCUT2D eigenvalue weighted by atomic mass is 16.6. The van der Waals surface area contributed by atoms with Gasteiger partial charge in [-0.15, -0.1) is 0 Å². The molecule has 6 heteroatoms. The van der Waals surface area contributed by atoms with E-state index in [4.69, 9.17) is 9.47 Å². The number of carbonyl (C=O) groups excluding carboxylic acids is 2. The maximum atomic E-state index is 12.0. The Kier molecular flexibility index (Phi) is 5.64. The van der Waals surface area contributed by atoms with Crippen molar-refractivity contribution in [2.45, 2.75) is 32.8 Å². The van der Waals surface area contributed by atoms with Gasteiger partial charge < -0.3 is 9.47 Å². The fourth-order valence-electron chi connectivity index (χ4n) is 1.46.